The van der Waals surface area contributed by atoms with Crippen LogP contribution in [0.3, 0.4) is 0 Å². The highest BCUT2D eigenvalue weighted by Crippen LogP contribution is 2.35. The molecule has 0 aliphatic carbocycles. The second-order valence-corrected chi connectivity index (χ2v) is 6.33. The maximum absolute atomic E-state index is 12.6. The lowest BCUT2D eigenvalue weighted by Gasteiger charge is -2.07. The molecule has 2 heterocycles. The standard InChI is InChI=1S/C16H14N2O3S/c1-9-3-5-11(6-4-9)13-10(2)22-15-14(13)16(21)18(8-17-15)7-12(19)20/h3-6,8H,7H2,1-2H3,(H,19,20)/p-1. The lowest BCUT2D eigenvalue weighted by atomic mass is 10.0. The minimum Gasteiger partial charge on any atom is -0.548 e. The van der Waals surface area contributed by atoms with Crippen LogP contribution in [0.1, 0.15) is 10.4 Å². The third kappa shape index (κ3) is 2.42. The molecule has 0 atom stereocenters. The average Bonchev–Trinajstić information content (AvgIpc) is 2.80. The summed E-state index contributed by atoms with van der Waals surface area (Å²) in [6.45, 7) is 3.44. The number of aromatic nitrogens is 2. The Balaban J connectivity index is 2.29. The number of aliphatic carboxylic acids is 1. The van der Waals surface area contributed by atoms with Gasteiger partial charge in [0.05, 0.1) is 24.2 Å². The van der Waals surface area contributed by atoms with E-state index in [2.05, 4.69) is 4.98 Å². The van der Waals surface area contributed by atoms with Crippen molar-refractivity contribution in [2.45, 2.75) is 20.4 Å². The summed E-state index contributed by atoms with van der Waals surface area (Å²) in [5.41, 5.74) is 2.53. The molecule has 0 amide bonds. The molecule has 3 rings (SSSR count). The lowest BCUT2D eigenvalue weighted by Crippen LogP contribution is -2.32. The fourth-order valence-corrected chi connectivity index (χ4v) is 3.46. The third-order valence-electron chi connectivity index (χ3n) is 3.49. The molecule has 2 aromatic heterocycles. The highest BCUT2D eigenvalue weighted by molar-refractivity contribution is 7.19. The lowest BCUT2D eigenvalue weighted by molar-refractivity contribution is -0.306. The van der Waals surface area contributed by atoms with E-state index >= 15 is 0 Å². The quantitative estimate of drug-likeness (QED) is 0.734. The average molecular weight is 313 g/mol. The Morgan fingerprint density at radius 3 is 2.59 bits per heavy atom. The summed E-state index contributed by atoms with van der Waals surface area (Å²) in [4.78, 5) is 29.1. The zero-order valence-electron chi connectivity index (χ0n) is 12.1. The first kappa shape index (κ1) is 14.5. The zero-order chi connectivity index (χ0) is 15.9. The fraction of sp³-hybridized carbons (Fsp3) is 0.188. The van der Waals surface area contributed by atoms with Gasteiger partial charge in [-0.1, -0.05) is 29.8 Å². The summed E-state index contributed by atoms with van der Waals surface area (Å²) in [6.07, 6.45) is 1.26. The monoisotopic (exact) mass is 313 g/mol. The number of carboxylic acids is 1. The second kappa shape index (κ2) is 5.38. The van der Waals surface area contributed by atoms with E-state index in [1.807, 2.05) is 38.1 Å². The van der Waals surface area contributed by atoms with Crippen LogP contribution in [0.2, 0.25) is 0 Å². The van der Waals surface area contributed by atoms with E-state index < -0.39 is 12.5 Å². The number of carbonyl (C=O) groups is 1. The van der Waals surface area contributed by atoms with Gasteiger partial charge in [0.1, 0.15) is 4.83 Å². The molecule has 3 aromatic rings. The Morgan fingerprint density at radius 2 is 1.95 bits per heavy atom. The van der Waals surface area contributed by atoms with E-state index in [-0.39, 0.29) is 5.56 Å². The van der Waals surface area contributed by atoms with Crippen LogP contribution < -0.4 is 10.7 Å². The number of fused-ring (bicyclic) bond motifs is 1. The number of aryl methyl sites for hydroxylation is 2. The Kier molecular flexibility index (Phi) is 3.54. The van der Waals surface area contributed by atoms with Crippen molar-refractivity contribution in [1.29, 1.82) is 0 Å². The van der Waals surface area contributed by atoms with Gasteiger partial charge in [0.2, 0.25) is 0 Å². The van der Waals surface area contributed by atoms with Crippen LogP contribution in [-0.2, 0) is 11.3 Å². The van der Waals surface area contributed by atoms with Crippen molar-refractivity contribution < 1.29 is 9.90 Å². The largest absolute Gasteiger partial charge is 0.548 e. The van der Waals surface area contributed by atoms with Crippen molar-refractivity contribution in [3.63, 3.8) is 0 Å². The van der Waals surface area contributed by atoms with Crippen molar-refractivity contribution in [3.05, 3.63) is 51.4 Å². The van der Waals surface area contributed by atoms with Gasteiger partial charge in [0.15, 0.2) is 0 Å². The van der Waals surface area contributed by atoms with Crippen molar-refractivity contribution in [1.82, 2.24) is 9.55 Å². The van der Waals surface area contributed by atoms with Gasteiger partial charge in [-0.25, -0.2) is 4.98 Å². The smallest absolute Gasteiger partial charge is 0.263 e. The van der Waals surface area contributed by atoms with Crippen LogP contribution in [0.4, 0.5) is 0 Å². The molecule has 0 saturated heterocycles. The molecule has 0 unspecified atom stereocenters. The topological polar surface area (TPSA) is 75.0 Å². The van der Waals surface area contributed by atoms with E-state index in [9.17, 15) is 14.7 Å². The summed E-state index contributed by atoms with van der Waals surface area (Å²) >= 11 is 1.43. The van der Waals surface area contributed by atoms with Crippen LogP contribution in [0.15, 0.2) is 35.4 Å². The van der Waals surface area contributed by atoms with E-state index in [1.165, 1.54) is 17.7 Å². The van der Waals surface area contributed by atoms with Crippen LogP contribution in [0.25, 0.3) is 21.3 Å². The Labute approximate surface area is 130 Å². The molecule has 0 radical (unpaired) electrons. The summed E-state index contributed by atoms with van der Waals surface area (Å²) in [7, 11) is 0. The number of hydrogen-bond donors (Lipinski definition) is 0. The maximum atomic E-state index is 12.6. The van der Waals surface area contributed by atoms with E-state index in [0.717, 1.165) is 26.1 Å². The number of rotatable bonds is 3. The van der Waals surface area contributed by atoms with Crippen LogP contribution >= 0.6 is 11.3 Å². The normalized spacial score (nSPS) is 11.0. The molecule has 0 saturated carbocycles. The number of hydrogen-bond acceptors (Lipinski definition) is 5. The van der Waals surface area contributed by atoms with Gasteiger partial charge >= 0.3 is 0 Å². The molecule has 112 valence electrons. The molecule has 0 N–H and O–H groups in total. The van der Waals surface area contributed by atoms with Crippen LogP contribution in [0, 0.1) is 13.8 Å². The number of nitrogens with zero attached hydrogens (tertiary/aromatic N) is 2. The summed E-state index contributed by atoms with van der Waals surface area (Å²) in [5, 5.41) is 11.2. The highest BCUT2D eigenvalue weighted by atomic mass is 32.1. The molecule has 0 bridgehead atoms. The fourth-order valence-electron chi connectivity index (χ4n) is 2.46. The van der Waals surface area contributed by atoms with Crippen molar-refractivity contribution in [3.8, 4) is 11.1 Å². The van der Waals surface area contributed by atoms with Gasteiger partial charge in [-0.05, 0) is 19.4 Å². The first-order valence-electron chi connectivity index (χ1n) is 6.73. The predicted octanol–water partition coefficient (Wildman–Crippen LogP) is 1.49. The molecule has 0 aliphatic rings. The molecule has 6 heteroatoms. The number of thiophene rings is 1. The Hall–Kier alpha value is -2.47. The predicted molar refractivity (Wildman–Crippen MR) is 83.8 cm³/mol. The van der Waals surface area contributed by atoms with Crippen LogP contribution in [0.5, 0.6) is 0 Å². The molecular formula is C16H13N2O3S-. The summed E-state index contributed by atoms with van der Waals surface area (Å²) in [6, 6.07) is 7.88. The van der Waals surface area contributed by atoms with Crippen molar-refractivity contribution >= 4 is 27.5 Å². The SMILES string of the molecule is Cc1ccc(-c2c(C)sc3ncn(CC(=O)[O-])c(=O)c23)cc1. The van der Waals surface area contributed by atoms with Crippen molar-refractivity contribution in [2.75, 3.05) is 0 Å². The Morgan fingerprint density at radius 1 is 1.27 bits per heavy atom. The minimum absolute atomic E-state index is 0.353. The molecule has 1 aromatic carbocycles. The van der Waals surface area contributed by atoms with E-state index in [4.69, 9.17) is 0 Å². The van der Waals surface area contributed by atoms with Gasteiger partial charge in [-0.3, -0.25) is 9.36 Å². The first-order chi connectivity index (χ1) is 10.5. The number of carbonyl (C=O) groups excluding carboxylic acids is 1. The van der Waals surface area contributed by atoms with E-state index in [1.54, 1.807) is 0 Å². The van der Waals surface area contributed by atoms with Gasteiger partial charge in [0.25, 0.3) is 5.56 Å². The zero-order valence-corrected chi connectivity index (χ0v) is 12.9. The molecule has 0 spiro atoms. The first-order valence-corrected chi connectivity index (χ1v) is 7.54. The molecule has 0 fully saturated rings. The summed E-state index contributed by atoms with van der Waals surface area (Å²) < 4.78 is 1.07. The van der Waals surface area contributed by atoms with Crippen LogP contribution in [-0.4, -0.2) is 15.5 Å². The molecule has 22 heavy (non-hydrogen) atoms. The Bertz CT molecular complexity index is 923. The molecule has 0 aliphatic heterocycles. The van der Waals surface area contributed by atoms with E-state index in [0.29, 0.717) is 10.2 Å². The minimum atomic E-state index is -1.31. The van der Waals surface area contributed by atoms with Gasteiger partial charge in [0, 0.05) is 10.4 Å². The van der Waals surface area contributed by atoms with Gasteiger partial charge in [-0.2, -0.15) is 0 Å². The van der Waals surface area contributed by atoms with Gasteiger partial charge in [-0.15, -0.1) is 11.3 Å². The second-order valence-electron chi connectivity index (χ2n) is 5.13. The number of benzene rings is 1. The third-order valence-corrected chi connectivity index (χ3v) is 4.51. The molecule has 5 nitrogen and oxygen atoms in total. The molecular weight excluding hydrogens is 300 g/mol. The highest BCUT2D eigenvalue weighted by Gasteiger charge is 2.16. The van der Waals surface area contributed by atoms with Gasteiger partial charge < -0.3 is 9.90 Å². The van der Waals surface area contributed by atoms with Crippen molar-refractivity contribution in [2.24, 2.45) is 0 Å². The number of carboxylic acid groups (broad SMARTS) is 1. The maximum Gasteiger partial charge on any atom is 0.263 e. The summed E-state index contributed by atoms with van der Waals surface area (Å²) in [5.74, 6) is -1.31.